The summed E-state index contributed by atoms with van der Waals surface area (Å²) in [5, 5.41) is 8.11. The van der Waals surface area contributed by atoms with Crippen molar-refractivity contribution in [2.75, 3.05) is 0 Å². The minimum absolute atomic E-state index is 0.0964. The fourth-order valence-electron chi connectivity index (χ4n) is 2.59. The number of allylic oxidation sites excluding steroid dienone is 1. The van der Waals surface area contributed by atoms with E-state index in [0.29, 0.717) is 17.5 Å². The van der Waals surface area contributed by atoms with Crippen LogP contribution in [-0.2, 0) is 6.42 Å². The summed E-state index contributed by atoms with van der Waals surface area (Å²) >= 11 is 11.2. The van der Waals surface area contributed by atoms with Crippen molar-refractivity contribution in [3.63, 3.8) is 0 Å². The molecule has 0 radical (unpaired) electrons. The Balaban J connectivity index is 2.45. The molecule has 0 bridgehead atoms. The van der Waals surface area contributed by atoms with E-state index in [1.165, 1.54) is 24.3 Å². The number of carboxylic acid groups (broad SMARTS) is 1. The van der Waals surface area contributed by atoms with Crippen molar-refractivity contribution in [3.8, 4) is 0 Å². The molecule has 0 aliphatic rings. The zero-order chi connectivity index (χ0) is 20.4. The van der Waals surface area contributed by atoms with Gasteiger partial charge in [-0.25, -0.2) is 9.18 Å². The second-order valence-electron chi connectivity index (χ2n) is 5.75. The zero-order valence-corrected chi connectivity index (χ0v) is 15.5. The summed E-state index contributed by atoms with van der Waals surface area (Å²) in [5.74, 6) is -4.15. The van der Waals surface area contributed by atoms with Crippen molar-refractivity contribution in [1.29, 1.82) is 0 Å². The van der Waals surface area contributed by atoms with E-state index in [-0.39, 0.29) is 11.1 Å². The first-order chi connectivity index (χ1) is 12.5. The highest BCUT2D eigenvalue weighted by Gasteiger charge is 2.39. The first kappa shape index (κ1) is 21.3. The van der Waals surface area contributed by atoms with Crippen LogP contribution in [0.15, 0.2) is 36.4 Å². The third kappa shape index (κ3) is 5.02. The van der Waals surface area contributed by atoms with Crippen molar-refractivity contribution >= 4 is 35.2 Å². The van der Waals surface area contributed by atoms with E-state index in [4.69, 9.17) is 28.3 Å². The van der Waals surface area contributed by atoms with Gasteiger partial charge in [0.15, 0.2) is 5.82 Å². The lowest BCUT2D eigenvalue weighted by Gasteiger charge is -2.18. The lowest BCUT2D eigenvalue weighted by Crippen LogP contribution is -2.19. The van der Waals surface area contributed by atoms with Crippen LogP contribution in [0.3, 0.4) is 0 Å². The Kier molecular flexibility index (Phi) is 6.54. The Morgan fingerprint density at radius 3 is 2.26 bits per heavy atom. The maximum Gasteiger partial charge on any atom is 0.399 e. The molecule has 0 aliphatic heterocycles. The molecule has 2 aromatic rings. The highest BCUT2D eigenvalue weighted by molar-refractivity contribution is 6.35. The predicted octanol–water partition coefficient (Wildman–Crippen LogP) is 6.75. The number of aromatic carboxylic acids is 1. The number of carbonyl (C=O) groups is 1. The molecule has 1 atom stereocenters. The summed E-state index contributed by atoms with van der Waals surface area (Å²) in [7, 11) is 0. The van der Waals surface area contributed by atoms with E-state index in [2.05, 4.69) is 0 Å². The SMILES string of the molecule is CCc1cc(C=CC(c2cc(Cl)c(F)c(Cl)c2)C(F)(F)F)ccc1C(=O)O. The second kappa shape index (κ2) is 8.31. The normalized spacial score (nSPS) is 13.1. The van der Waals surface area contributed by atoms with E-state index in [1.807, 2.05) is 0 Å². The number of alkyl halides is 3. The number of aryl methyl sites for hydroxylation is 1. The van der Waals surface area contributed by atoms with Gasteiger partial charge in [-0.2, -0.15) is 13.2 Å². The lowest BCUT2D eigenvalue weighted by molar-refractivity contribution is -0.139. The highest BCUT2D eigenvalue weighted by atomic mass is 35.5. The molecule has 2 aromatic carbocycles. The van der Waals surface area contributed by atoms with Crippen molar-refractivity contribution in [1.82, 2.24) is 0 Å². The zero-order valence-electron chi connectivity index (χ0n) is 13.9. The van der Waals surface area contributed by atoms with E-state index in [9.17, 15) is 22.4 Å². The van der Waals surface area contributed by atoms with Crippen LogP contribution >= 0.6 is 23.2 Å². The number of hydrogen-bond donors (Lipinski definition) is 1. The van der Waals surface area contributed by atoms with E-state index >= 15 is 0 Å². The molecule has 0 saturated heterocycles. The van der Waals surface area contributed by atoms with Crippen LogP contribution in [0, 0.1) is 5.82 Å². The van der Waals surface area contributed by atoms with Crippen LogP contribution in [0.1, 0.15) is 39.9 Å². The van der Waals surface area contributed by atoms with Gasteiger partial charge in [0.1, 0.15) is 0 Å². The molecular weight excluding hydrogens is 407 g/mol. The quantitative estimate of drug-likeness (QED) is 0.428. The van der Waals surface area contributed by atoms with E-state index < -0.39 is 33.9 Å². The smallest absolute Gasteiger partial charge is 0.399 e. The molecule has 0 aromatic heterocycles. The van der Waals surface area contributed by atoms with Crippen LogP contribution in [-0.4, -0.2) is 17.3 Å². The van der Waals surface area contributed by atoms with E-state index in [1.54, 1.807) is 6.92 Å². The first-order valence-corrected chi connectivity index (χ1v) is 8.55. The topological polar surface area (TPSA) is 37.3 Å². The third-order valence-electron chi connectivity index (χ3n) is 3.94. The van der Waals surface area contributed by atoms with Crippen molar-refractivity contribution < 1.29 is 27.5 Å². The summed E-state index contributed by atoms with van der Waals surface area (Å²) in [5.41, 5.74) is 0.707. The van der Waals surface area contributed by atoms with Gasteiger partial charge in [-0.15, -0.1) is 0 Å². The minimum Gasteiger partial charge on any atom is -0.478 e. The fraction of sp³-hybridized carbons (Fsp3) is 0.211. The van der Waals surface area contributed by atoms with Crippen LogP contribution in [0.5, 0.6) is 0 Å². The van der Waals surface area contributed by atoms with Crippen LogP contribution < -0.4 is 0 Å². The molecule has 8 heteroatoms. The minimum atomic E-state index is -4.66. The number of hydrogen-bond acceptors (Lipinski definition) is 1. The molecule has 0 heterocycles. The molecule has 2 rings (SSSR count). The summed E-state index contributed by atoms with van der Waals surface area (Å²) in [6.45, 7) is 1.75. The summed E-state index contributed by atoms with van der Waals surface area (Å²) < 4.78 is 53.9. The number of halogens is 6. The summed E-state index contributed by atoms with van der Waals surface area (Å²) in [4.78, 5) is 11.1. The monoisotopic (exact) mass is 420 g/mol. The Morgan fingerprint density at radius 1 is 1.19 bits per heavy atom. The summed E-state index contributed by atoms with van der Waals surface area (Å²) in [6.07, 6.45) is -2.12. The molecule has 0 spiro atoms. The Labute approximate surface area is 163 Å². The van der Waals surface area contributed by atoms with Gasteiger partial charge in [0.05, 0.1) is 21.5 Å². The standard InChI is InChI=1S/C19H14Cl2F4O2/c1-2-11-7-10(3-5-13(11)18(26)27)4-6-14(19(23,24)25)12-8-15(20)17(22)16(21)9-12/h3-9,14H,2H2,1H3,(H,26,27). The molecule has 27 heavy (non-hydrogen) atoms. The van der Waals surface area contributed by atoms with Crippen LogP contribution in [0.2, 0.25) is 10.0 Å². The molecule has 0 saturated carbocycles. The molecule has 144 valence electrons. The molecule has 1 N–H and O–H groups in total. The number of rotatable bonds is 5. The molecule has 1 unspecified atom stereocenters. The van der Waals surface area contributed by atoms with E-state index in [0.717, 1.165) is 18.2 Å². The van der Waals surface area contributed by atoms with Gasteiger partial charge in [0.2, 0.25) is 0 Å². The maximum absolute atomic E-state index is 13.5. The highest BCUT2D eigenvalue weighted by Crippen LogP contribution is 2.39. The predicted molar refractivity (Wildman–Crippen MR) is 97.0 cm³/mol. The number of benzene rings is 2. The van der Waals surface area contributed by atoms with Crippen molar-refractivity contribution in [3.05, 3.63) is 74.5 Å². The largest absolute Gasteiger partial charge is 0.478 e. The van der Waals surface area contributed by atoms with Crippen molar-refractivity contribution in [2.45, 2.75) is 25.4 Å². The Morgan fingerprint density at radius 2 is 1.78 bits per heavy atom. The van der Waals surface area contributed by atoms with Gasteiger partial charge in [-0.3, -0.25) is 0 Å². The maximum atomic E-state index is 13.5. The number of carboxylic acids is 1. The Hall–Kier alpha value is -2.05. The average Bonchev–Trinajstić information content (AvgIpc) is 2.58. The van der Waals surface area contributed by atoms with Crippen molar-refractivity contribution in [2.24, 2.45) is 0 Å². The van der Waals surface area contributed by atoms with Gasteiger partial charge >= 0.3 is 12.1 Å². The second-order valence-corrected chi connectivity index (χ2v) is 6.57. The molecule has 2 nitrogen and oxygen atoms in total. The molecule has 0 aliphatic carbocycles. The van der Waals surface area contributed by atoms with Crippen LogP contribution in [0.4, 0.5) is 17.6 Å². The molecule has 0 amide bonds. The van der Waals surface area contributed by atoms with Gasteiger partial charge in [-0.1, -0.05) is 54.4 Å². The average molecular weight is 421 g/mol. The fourth-order valence-corrected chi connectivity index (χ4v) is 3.09. The van der Waals surface area contributed by atoms with Gasteiger partial charge in [-0.05, 0) is 41.3 Å². The third-order valence-corrected chi connectivity index (χ3v) is 4.49. The van der Waals surface area contributed by atoms with Gasteiger partial charge in [0, 0.05) is 0 Å². The molecule has 0 fully saturated rings. The van der Waals surface area contributed by atoms with Gasteiger partial charge in [0.25, 0.3) is 0 Å². The van der Waals surface area contributed by atoms with Gasteiger partial charge < -0.3 is 5.11 Å². The summed E-state index contributed by atoms with van der Waals surface area (Å²) in [6, 6.07) is 6.04. The Bertz CT molecular complexity index is 869. The van der Waals surface area contributed by atoms with Crippen LogP contribution in [0.25, 0.3) is 6.08 Å². The lowest BCUT2D eigenvalue weighted by atomic mass is 9.96. The molecular formula is C19H14Cl2F4O2. The first-order valence-electron chi connectivity index (χ1n) is 7.80.